The van der Waals surface area contributed by atoms with E-state index in [9.17, 15) is 4.79 Å². The van der Waals surface area contributed by atoms with Gasteiger partial charge in [0.1, 0.15) is 11.5 Å². The van der Waals surface area contributed by atoms with Gasteiger partial charge in [-0.2, -0.15) is 0 Å². The zero-order valence-corrected chi connectivity index (χ0v) is 9.96. The van der Waals surface area contributed by atoms with Crippen molar-refractivity contribution in [1.29, 1.82) is 0 Å². The number of aryl methyl sites for hydroxylation is 1. The van der Waals surface area contributed by atoms with Crippen LogP contribution in [0.15, 0.2) is 16.8 Å². The van der Waals surface area contributed by atoms with Crippen molar-refractivity contribution in [2.24, 2.45) is 5.73 Å². The van der Waals surface area contributed by atoms with Gasteiger partial charge in [-0.1, -0.05) is 10.4 Å². The number of hydrogen-bond donors (Lipinski definition) is 2. The van der Waals surface area contributed by atoms with Crippen LogP contribution in [0.1, 0.15) is 21.9 Å². The summed E-state index contributed by atoms with van der Waals surface area (Å²) in [5.41, 5.74) is 6.29. The molecule has 0 saturated carbocycles. The lowest BCUT2D eigenvalue weighted by molar-refractivity contribution is 0.0945. The van der Waals surface area contributed by atoms with E-state index < -0.39 is 0 Å². The quantitative estimate of drug-likeness (QED) is 0.737. The molecule has 96 valence electrons. The number of carbonyl (C=O) groups is 1. The number of nitrogens with zero attached hydrogens (tertiary/aromatic N) is 4. The second-order valence-electron chi connectivity index (χ2n) is 3.77. The van der Waals surface area contributed by atoms with Crippen LogP contribution >= 0.6 is 0 Å². The van der Waals surface area contributed by atoms with Crippen LogP contribution in [0.2, 0.25) is 0 Å². The van der Waals surface area contributed by atoms with Gasteiger partial charge in [0.15, 0.2) is 5.69 Å². The number of carbonyl (C=O) groups excluding carboxylic acids is 1. The molecule has 0 aliphatic heterocycles. The highest BCUT2D eigenvalue weighted by molar-refractivity contribution is 5.91. The van der Waals surface area contributed by atoms with E-state index in [0.717, 1.165) is 0 Å². The van der Waals surface area contributed by atoms with Gasteiger partial charge in [0.05, 0.1) is 19.3 Å². The molecule has 0 aromatic carbocycles. The van der Waals surface area contributed by atoms with E-state index in [0.29, 0.717) is 31.1 Å². The van der Waals surface area contributed by atoms with E-state index >= 15 is 0 Å². The number of aromatic nitrogens is 4. The minimum atomic E-state index is -0.307. The topological polar surface area (TPSA) is 112 Å². The molecule has 2 rings (SSSR count). The summed E-state index contributed by atoms with van der Waals surface area (Å²) >= 11 is 0. The Morgan fingerprint density at radius 2 is 2.44 bits per heavy atom. The normalized spacial score (nSPS) is 10.6. The molecule has 1 amide bonds. The highest BCUT2D eigenvalue weighted by atomic mass is 16.5. The maximum Gasteiger partial charge on any atom is 0.273 e. The molecule has 0 aliphatic carbocycles. The van der Waals surface area contributed by atoms with Crippen LogP contribution in [0.3, 0.4) is 0 Å². The van der Waals surface area contributed by atoms with Crippen molar-refractivity contribution in [1.82, 2.24) is 25.5 Å². The first-order chi connectivity index (χ1) is 8.69. The van der Waals surface area contributed by atoms with Gasteiger partial charge in [-0.25, -0.2) is 0 Å². The first-order valence-electron chi connectivity index (χ1n) is 5.49. The second-order valence-corrected chi connectivity index (χ2v) is 3.77. The van der Waals surface area contributed by atoms with Crippen LogP contribution in [-0.4, -0.2) is 32.6 Å². The van der Waals surface area contributed by atoms with Crippen molar-refractivity contribution in [3.63, 3.8) is 0 Å². The molecule has 0 radical (unpaired) electrons. The molecule has 0 atom stereocenters. The second kappa shape index (κ2) is 5.41. The molecule has 0 bridgehead atoms. The van der Waals surface area contributed by atoms with Gasteiger partial charge in [0.2, 0.25) is 0 Å². The zero-order valence-electron chi connectivity index (χ0n) is 9.96. The summed E-state index contributed by atoms with van der Waals surface area (Å²) in [6.07, 6.45) is 1.55. The maximum atomic E-state index is 11.7. The van der Waals surface area contributed by atoms with Crippen molar-refractivity contribution in [2.75, 3.05) is 6.54 Å². The Morgan fingerprint density at radius 1 is 1.61 bits per heavy atom. The fraction of sp³-hybridized carbons (Fsp3) is 0.400. The fourth-order valence-electron chi connectivity index (χ4n) is 1.41. The third kappa shape index (κ3) is 2.92. The number of rotatable bonds is 5. The van der Waals surface area contributed by atoms with E-state index in [4.69, 9.17) is 10.3 Å². The lowest BCUT2D eigenvalue weighted by Crippen LogP contribution is -2.23. The van der Waals surface area contributed by atoms with Gasteiger partial charge >= 0.3 is 0 Å². The summed E-state index contributed by atoms with van der Waals surface area (Å²) in [7, 11) is 0. The van der Waals surface area contributed by atoms with Gasteiger partial charge in [-0.15, -0.1) is 5.10 Å². The molecule has 2 aromatic heterocycles. The van der Waals surface area contributed by atoms with E-state index in [1.165, 1.54) is 4.68 Å². The first kappa shape index (κ1) is 12.2. The lowest BCUT2D eigenvalue weighted by atomic mass is 10.3. The molecule has 0 spiro atoms. The highest BCUT2D eigenvalue weighted by Crippen LogP contribution is 2.01. The molecule has 0 unspecified atom stereocenters. The summed E-state index contributed by atoms with van der Waals surface area (Å²) in [6, 6.07) is 1.76. The Hall–Kier alpha value is -2.22. The Morgan fingerprint density at radius 3 is 3.11 bits per heavy atom. The smallest absolute Gasteiger partial charge is 0.273 e. The number of amides is 1. The number of hydrogen-bond acceptors (Lipinski definition) is 6. The predicted octanol–water partition coefficient (Wildman–Crippen LogP) is -0.537. The van der Waals surface area contributed by atoms with E-state index in [1.807, 2.05) is 0 Å². The molecule has 8 nitrogen and oxygen atoms in total. The van der Waals surface area contributed by atoms with E-state index in [1.54, 1.807) is 19.2 Å². The number of nitrogens with two attached hydrogens (primary N) is 1. The Labute approximate surface area is 103 Å². The first-order valence-corrected chi connectivity index (χ1v) is 5.49. The molecule has 2 aromatic rings. The van der Waals surface area contributed by atoms with Gasteiger partial charge in [0, 0.05) is 12.6 Å². The van der Waals surface area contributed by atoms with Gasteiger partial charge in [0.25, 0.3) is 5.91 Å². The minimum absolute atomic E-state index is 0.253. The average molecular weight is 250 g/mol. The summed E-state index contributed by atoms with van der Waals surface area (Å²) < 4.78 is 6.41. The average Bonchev–Trinajstić information content (AvgIpc) is 2.96. The molecule has 0 aliphatic rings. The molecule has 8 heteroatoms. The van der Waals surface area contributed by atoms with Gasteiger partial charge in [-0.3, -0.25) is 9.48 Å². The largest absolute Gasteiger partial charge is 0.361 e. The molecule has 3 N–H and O–H groups in total. The summed E-state index contributed by atoms with van der Waals surface area (Å²) in [5.74, 6) is 0.395. The van der Waals surface area contributed by atoms with Crippen molar-refractivity contribution < 1.29 is 9.32 Å². The van der Waals surface area contributed by atoms with Crippen molar-refractivity contribution in [2.45, 2.75) is 20.0 Å². The third-order valence-corrected chi connectivity index (χ3v) is 2.24. The van der Waals surface area contributed by atoms with Crippen LogP contribution in [0, 0.1) is 6.92 Å². The van der Waals surface area contributed by atoms with Crippen molar-refractivity contribution >= 4 is 5.91 Å². The third-order valence-electron chi connectivity index (χ3n) is 2.24. The van der Waals surface area contributed by atoms with Gasteiger partial charge in [-0.05, 0) is 6.92 Å². The summed E-state index contributed by atoms with van der Waals surface area (Å²) in [5, 5.41) is 14.0. The van der Waals surface area contributed by atoms with E-state index in [2.05, 4.69) is 20.8 Å². The van der Waals surface area contributed by atoms with Gasteiger partial charge < -0.3 is 15.6 Å². The Balaban J connectivity index is 1.90. The van der Waals surface area contributed by atoms with Crippen molar-refractivity contribution in [3.8, 4) is 0 Å². The lowest BCUT2D eigenvalue weighted by Gasteiger charge is -1.98. The molecular weight excluding hydrogens is 236 g/mol. The summed E-state index contributed by atoms with van der Waals surface area (Å²) in [4.78, 5) is 11.7. The zero-order chi connectivity index (χ0) is 13.0. The number of nitrogens with one attached hydrogen (secondary N) is 1. The molecule has 18 heavy (non-hydrogen) atoms. The molecular formula is C10H14N6O2. The van der Waals surface area contributed by atoms with Crippen LogP contribution in [0.25, 0.3) is 0 Å². The SMILES string of the molecule is Cc1cc(CNC(=O)c2cn(CCN)nn2)no1. The van der Waals surface area contributed by atoms with Crippen LogP contribution in [0.5, 0.6) is 0 Å². The Bertz CT molecular complexity index is 532. The molecule has 0 saturated heterocycles. The Kier molecular flexibility index (Phi) is 3.68. The fourth-order valence-corrected chi connectivity index (χ4v) is 1.41. The van der Waals surface area contributed by atoms with E-state index in [-0.39, 0.29) is 11.6 Å². The minimum Gasteiger partial charge on any atom is -0.361 e. The predicted molar refractivity (Wildman–Crippen MR) is 61.5 cm³/mol. The van der Waals surface area contributed by atoms with Crippen LogP contribution < -0.4 is 11.1 Å². The molecule has 2 heterocycles. The van der Waals surface area contributed by atoms with Crippen LogP contribution in [0.4, 0.5) is 0 Å². The standard InChI is InChI=1S/C10H14N6O2/c1-7-4-8(14-18-7)5-12-10(17)9-6-16(3-2-11)15-13-9/h4,6H,2-3,5,11H2,1H3,(H,12,17). The molecule has 0 fully saturated rings. The van der Waals surface area contributed by atoms with Crippen LogP contribution in [-0.2, 0) is 13.1 Å². The summed E-state index contributed by atoms with van der Waals surface area (Å²) in [6.45, 7) is 3.06. The highest BCUT2D eigenvalue weighted by Gasteiger charge is 2.11. The van der Waals surface area contributed by atoms with Crippen molar-refractivity contribution in [3.05, 3.63) is 29.4 Å². The monoisotopic (exact) mass is 250 g/mol. The maximum absolute atomic E-state index is 11.7.